The third-order valence-corrected chi connectivity index (χ3v) is 6.23. The van der Waals surface area contributed by atoms with E-state index in [1.54, 1.807) is 5.56 Å². The van der Waals surface area contributed by atoms with Crippen molar-refractivity contribution in [3.05, 3.63) is 65.2 Å². The Morgan fingerprint density at radius 3 is 2.88 bits per heavy atom. The number of nitrogens with two attached hydrogens (primary N) is 1. The van der Waals surface area contributed by atoms with Crippen LogP contribution in [0.1, 0.15) is 49.3 Å². The van der Waals surface area contributed by atoms with Gasteiger partial charge in [-0.1, -0.05) is 41.6 Å². The van der Waals surface area contributed by atoms with Gasteiger partial charge in [0.2, 0.25) is 0 Å². The lowest BCUT2D eigenvalue weighted by Crippen LogP contribution is -2.46. The van der Waals surface area contributed by atoms with Gasteiger partial charge in [-0.15, -0.1) is 0 Å². The van der Waals surface area contributed by atoms with Crippen LogP contribution in [0, 0.1) is 5.92 Å². The lowest BCUT2D eigenvalue weighted by Gasteiger charge is -2.49. The number of aryl methyl sites for hydroxylation is 1. The summed E-state index contributed by atoms with van der Waals surface area (Å²) in [4.78, 5) is 5.36. The average molecular weight is 348 g/mol. The van der Waals surface area contributed by atoms with Crippen molar-refractivity contribution in [2.75, 3.05) is 12.3 Å². The average Bonchev–Trinajstić information content (AvgIpc) is 2.66. The number of anilines is 1. The first-order chi connectivity index (χ1) is 12.7. The molecular formula is C23H28N2O. The highest BCUT2D eigenvalue weighted by Crippen LogP contribution is 2.51. The molecule has 2 aliphatic carbocycles. The summed E-state index contributed by atoms with van der Waals surface area (Å²) >= 11 is 0. The zero-order valence-corrected chi connectivity index (χ0v) is 15.6. The van der Waals surface area contributed by atoms with Crippen molar-refractivity contribution in [2.24, 2.45) is 11.1 Å². The van der Waals surface area contributed by atoms with E-state index in [9.17, 15) is 0 Å². The van der Waals surface area contributed by atoms with Crippen molar-refractivity contribution >= 4 is 11.4 Å². The Bertz CT molecular complexity index is 813. The molecule has 0 radical (unpaired) electrons. The Hall–Kier alpha value is -2.29. The monoisotopic (exact) mass is 348 g/mol. The van der Waals surface area contributed by atoms with E-state index in [2.05, 4.69) is 47.6 Å². The first-order valence-corrected chi connectivity index (χ1v) is 9.82. The van der Waals surface area contributed by atoms with E-state index in [1.165, 1.54) is 29.7 Å². The van der Waals surface area contributed by atoms with Gasteiger partial charge in [-0.2, -0.15) is 0 Å². The van der Waals surface area contributed by atoms with Crippen LogP contribution < -0.4 is 5.73 Å². The Morgan fingerprint density at radius 2 is 2.04 bits per heavy atom. The largest absolute Gasteiger partial charge is 0.399 e. The Balaban J connectivity index is 1.73. The molecule has 0 heterocycles. The standard InChI is InChI=1S/C23H28N2O/c1-2-26-25-21-12-13-23(16-17-6-5-8-20(24)14-17)19(15-21)11-10-18-7-3-4-9-22(18)23/h3-9,14,19H,2,10-13,15-16,24H2,1H3. The molecule has 2 N–H and O–H groups in total. The van der Waals surface area contributed by atoms with E-state index in [0.29, 0.717) is 12.5 Å². The van der Waals surface area contributed by atoms with Crippen molar-refractivity contribution in [3.63, 3.8) is 0 Å². The highest BCUT2D eigenvalue weighted by molar-refractivity contribution is 5.85. The fourth-order valence-corrected chi connectivity index (χ4v) is 5.07. The zero-order valence-electron chi connectivity index (χ0n) is 15.6. The van der Waals surface area contributed by atoms with E-state index >= 15 is 0 Å². The van der Waals surface area contributed by atoms with Crippen molar-refractivity contribution in [1.82, 2.24) is 0 Å². The summed E-state index contributed by atoms with van der Waals surface area (Å²) in [6.45, 7) is 2.64. The molecule has 0 spiro atoms. The predicted molar refractivity (Wildman–Crippen MR) is 107 cm³/mol. The predicted octanol–water partition coefficient (Wildman–Crippen LogP) is 4.89. The quantitative estimate of drug-likeness (QED) is 0.632. The third kappa shape index (κ3) is 3.11. The lowest BCUT2D eigenvalue weighted by molar-refractivity contribution is 0.149. The van der Waals surface area contributed by atoms with E-state index < -0.39 is 0 Å². The Kier molecular flexibility index (Phi) is 4.71. The van der Waals surface area contributed by atoms with Crippen LogP contribution in [-0.4, -0.2) is 12.3 Å². The molecule has 0 saturated heterocycles. The van der Waals surface area contributed by atoms with Gasteiger partial charge in [-0.25, -0.2) is 0 Å². The summed E-state index contributed by atoms with van der Waals surface area (Å²) in [5, 5.41) is 4.40. The van der Waals surface area contributed by atoms with Crippen molar-refractivity contribution in [1.29, 1.82) is 0 Å². The molecule has 0 aliphatic heterocycles. The second-order valence-corrected chi connectivity index (χ2v) is 7.75. The molecule has 1 saturated carbocycles. The van der Waals surface area contributed by atoms with Crippen molar-refractivity contribution in [2.45, 2.75) is 50.9 Å². The normalized spacial score (nSPS) is 26.2. The van der Waals surface area contributed by atoms with Crippen LogP contribution >= 0.6 is 0 Å². The first-order valence-electron chi connectivity index (χ1n) is 9.82. The van der Waals surface area contributed by atoms with Crippen LogP contribution in [0.15, 0.2) is 53.7 Å². The molecule has 0 bridgehead atoms. The highest BCUT2D eigenvalue weighted by atomic mass is 16.6. The molecule has 0 amide bonds. The van der Waals surface area contributed by atoms with E-state index in [0.717, 1.165) is 31.4 Å². The number of nitrogens with zero attached hydrogens (tertiary/aromatic N) is 1. The molecule has 2 aliphatic rings. The molecule has 26 heavy (non-hydrogen) atoms. The summed E-state index contributed by atoms with van der Waals surface area (Å²) in [5.74, 6) is 0.617. The van der Waals surface area contributed by atoms with Gasteiger partial charge < -0.3 is 10.6 Å². The molecular weight excluding hydrogens is 320 g/mol. The Labute approximate surface area is 156 Å². The zero-order chi connectivity index (χ0) is 18.0. The fourth-order valence-electron chi connectivity index (χ4n) is 5.07. The molecule has 2 aromatic rings. The number of nitrogen functional groups attached to an aromatic ring is 1. The Morgan fingerprint density at radius 1 is 1.15 bits per heavy atom. The summed E-state index contributed by atoms with van der Waals surface area (Å²) in [6.07, 6.45) is 6.66. The van der Waals surface area contributed by atoms with Gasteiger partial charge in [0, 0.05) is 11.1 Å². The number of benzene rings is 2. The number of oxime groups is 1. The number of hydrogen-bond acceptors (Lipinski definition) is 3. The second kappa shape index (κ2) is 7.14. The summed E-state index contributed by atoms with van der Waals surface area (Å²) in [7, 11) is 0. The molecule has 136 valence electrons. The van der Waals surface area contributed by atoms with Gasteiger partial charge >= 0.3 is 0 Å². The van der Waals surface area contributed by atoms with Gasteiger partial charge in [-0.3, -0.25) is 0 Å². The molecule has 1 fully saturated rings. The minimum atomic E-state index is 0.188. The summed E-state index contributed by atoms with van der Waals surface area (Å²) < 4.78 is 0. The topological polar surface area (TPSA) is 47.6 Å². The maximum absolute atomic E-state index is 6.07. The van der Waals surface area contributed by atoms with E-state index in [-0.39, 0.29) is 5.41 Å². The van der Waals surface area contributed by atoms with Crippen LogP contribution in [0.2, 0.25) is 0 Å². The highest BCUT2D eigenvalue weighted by Gasteiger charge is 2.46. The molecule has 3 heteroatoms. The maximum Gasteiger partial charge on any atom is 0.114 e. The van der Waals surface area contributed by atoms with Gasteiger partial charge in [0.1, 0.15) is 6.61 Å². The maximum atomic E-state index is 6.07. The van der Waals surface area contributed by atoms with E-state index in [4.69, 9.17) is 10.6 Å². The number of hydrogen-bond donors (Lipinski definition) is 1. The first kappa shape index (κ1) is 17.1. The molecule has 3 nitrogen and oxygen atoms in total. The minimum Gasteiger partial charge on any atom is -0.399 e. The molecule has 2 unspecified atom stereocenters. The molecule has 2 aromatic carbocycles. The molecule has 2 atom stereocenters. The smallest absolute Gasteiger partial charge is 0.114 e. The summed E-state index contributed by atoms with van der Waals surface area (Å²) in [6, 6.07) is 17.5. The fraction of sp³-hybridized carbons (Fsp3) is 0.435. The van der Waals surface area contributed by atoms with E-state index in [1.807, 2.05) is 13.0 Å². The molecule has 0 aromatic heterocycles. The second-order valence-electron chi connectivity index (χ2n) is 7.75. The van der Waals surface area contributed by atoms with Crippen LogP contribution in [0.3, 0.4) is 0 Å². The number of fused-ring (bicyclic) bond motifs is 3. The minimum absolute atomic E-state index is 0.188. The SMILES string of the molecule is CCON=C1CCC2(Cc3cccc(N)c3)c3ccccc3CCC2C1. The van der Waals surface area contributed by atoms with Crippen LogP contribution in [0.5, 0.6) is 0 Å². The van der Waals surface area contributed by atoms with Gasteiger partial charge in [-0.05, 0) is 80.2 Å². The van der Waals surface area contributed by atoms with Crippen LogP contribution in [0.25, 0.3) is 0 Å². The van der Waals surface area contributed by atoms with Gasteiger partial charge in [0.25, 0.3) is 0 Å². The van der Waals surface area contributed by atoms with Crippen LogP contribution in [-0.2, 0) is 23.1 Å². The van der Waals surface area contributed by atoms with Crippen molar-refractivity contribution < 1.29 is 4.84 Å². The van der Waals surface area contributed by atoms with Crippen LogP contribution in [0.4, 0.5) is 5.69 Å². The lowest BCUT2D eigenvalue weighted by atomic mass is 9.55. The molecule has 4 rings (SSSR count). The van der Waals surface area contributed by atoms with Crippen molar-refractivity contribution in [3.8, 4) is 0 Å². The van der Waals surface area contributed by atoms with Gasteiger partial charge in [0.05, 0.1) is 5.71 Å². The number of rotatable bonds is 4. The van der Waals surface area contributed by atoms with Gasteiger partial charge in [0.15, 0.2) is 0 Å². The summed E-state index contributed by atoms with van der Waals surface area (Å²) in [5.41, 5.74) is 12.8. The third-order valence-electron chi connectivity index (χ3n) is 6.23.